The van der Waals surface area contributed by atoms with Gasteiger partial charge in [-0.05, 0) is 56.3 Å². The topological polar surface area (TPSA) is 15.3 Å². The lowest BCUT2D eigenvalue weighted by atomic mass is 10.0. The summed E-state index contributed by atoms with van der Waals surface area (Å²) in [6, 6.07) is 8.47. The minimum atomic E-state index is -0.121. The molecule has 1 aliphatic carbocycles. The molecule has 1 N–H and O–H groups in total. The van der Waals surface area contributed by atoms with E-state index in [-0.39, 0.29) is 5.82 Å². The average Bonchev–Trinajstić information content (AvgIpc) is 3.21. The van der Waals surface area contributed by atoms with Crippen molar-refractivity contribution in [3.05, 3.63) is 35.6 Å². The van der Waals surface area contributed by atoms with Crippen LogP contribution in [0.15, 0.2) is 24.3 Å². The lowest BCUT2D eigenvalue weighted by Gasteiger charge is -2.33. The van der Waals surface area contributed by atoms with E-state index in [1.165, 1.54) is 38.3 Å². The Balaban J connectivity index is 1.46. The van der Waals surface area contributed by atoms with Crippen LogP contribution in [-0.2, 0) is 6.42 Å². The third-order valence-electron chi connectivity index (χ3n) is 4.16. The first-order chi connectivity index (χ1) is 9.29. The van der Waals surface area contributed by atoms with E-state index in [9.17, 15) is 4.39 Å². The van der Waals surface area contributed by atoms with Crippen LogP contribution < -0.4 is 5.32 Å². The maximum atomic E-state index is 13.1. The molecule has 2 fully saturated rings. The number of nitrogens with zero attached hydrogens (tertiary/aromatic N) is 1. The molecule has 1 aromatic rings. The van der Waals surface area contributed by atoms with Crippen LogP contribution in [0.4, 0.5) is 4.39 Å². The van der Waals surface area contributed by atoms with Crippen LogP contribution in [-0.4, -0.2) is 36.6 Å². The van der Waals surface area contributed by atoms with E-state index in [0.717, 1.165) is 31.1 Å². The van der Waals surface area contributed by atoms with Gasteiger partial charge in [0.15, 0.2) is 0 Å². The maximum absolute atomic E-state index is 13.1. The molecule has 0 amide bonds. The van der Waals surface area contributed by atoms with Gasteiger partial charge in [-0.25, -0.2) is 4.39 Å². The Kier molecular flexibility index (Phi) is 4.14. The third kappa shape index (κ3) is 4.02. The fourth-order valence-electron chi connectivity index (χ4n) is 2.96. The molecular weight excluding hydrogens is 239 g/mol. The molecule has 1 atom stereocenters. The summed E-state index contributed by atoms with van der Waals surface area (Å²) in [5, 5.41) is 3.73. The van der Waals surface area contributed by atoms with E-state index >= 15 is 0 Å². The molecule has 0 bridgehead atoms. The van der Waals surface area contributed by atoms with Gasteiger partial charge in [-0.2, -0.15) is 0 Å². The molecule has 0 spiro atoms. The number of piperidine rings is 1. The van der Waals surface area contributed by atoms with Crippen LogP contribution in [0.5, 0.6) is 0 Å². The van der Waals surface area contributed by atoms with Crippen molar-refractivity contribution < 1.29 is 4.39 Å². The van der Waals surface area contributed by atoms with Gasteiger partial charge < -0.3 is 10.2 Å². The number of hydrogen-bond donors (Lipinski definition) is 1. The lowest BCUT2D eigenvalue weighted by molar-refractivity contribution is 0.191. The fraction of sp³-hybridized carbons (Fsp3) is 0.625. The van der Waals surface area contributed by atoms with Crippen molar-refractivity contribution in [2.75, 3.05) is 19.6 Å². The highest BCUT2D eigenvalue weighted by molar-refractivity contribution is 5.16. The summed E-state index contributed by atoms with van der Waals surface area (Å²) in [6.07, 6.45) is 6.27. The number of halogens is 1. The Morgan fingerprint density at radius 2 is 2.11 bits per heavy atom. The van der Waals surface area contributed by atoms with Crippen LogP contribution in [0.1, 0.15) is 31.2 Å². The quantitative estimate of drug-likeness (QED) is 0.877. The predicted octanol–water partition coefficient (Wildman–Crippen LogP) is 2.58. The van der Waals surface area contributed by atoms with E-state index in [4.69, 9.17) is 0 Å². The first-order valence-electron chi connectivity index (χ1n) is 7.52. The SMILES string of the molecule is Fc1cccc(CCN2CCCC(NC3CC3)C2)c1. The largest absolute Gasteiger partial charge is 0.310 e. The lowest BCUT2D eigenvalue weighted by Crippen LogP contribution is -2.46. The molecule has 104 valence electrons. The van der Waals surface area contributed by atoms with Crippen molar-refractivity contribution in [3.8, 4) is 0 Å². The first-order valence-corrected chi connectivity index (χ1v) is 7.52. The molecule has 1 unspecified atom stereocenters. The Morgan fingerprint density at radius 1 is 1.21 bits per heavy atom. The number of hydrogen-bond acceptors (Lipinski definition) is 2. The highest BCUT2D eigenvalue weighted by Crippen LogP contribution is 2.22. The van der Waals surface area contributed by atoms with Crippen molar-refractivity contribution in [2.24, 2.45) is 0 Å². The summed E-state index contributed by atoms with van der Waals surface area (Å²) in [5.74, 6) is -0.121. The first kappa shape index (κ1) is 13.1. The zero-order chi connectivity index (χ0) is 13.1. The molecular formula is C16H23FN2. The zero-order valence-electron chi connectivity index (χ0n) is 11.4. The van der Waals surface area contributed by atoms with E-state index in [1.54, 1.807) is 12.1 Å². The molecule has 1 saturated heterocycles. The smallest absolute Gasteiger partial charge is 0.123 e. The second-order valence-corrected chi connectivity index (χ2v) is 5.96. The fourth-order valence-corrected chi connectivity index (χ4v) is 2.96. The van der Waals surface area contributed by atoms with Gasteiger partial charge >= 0.3 is 0 Å². The van der Waals surface area contributed by atoms with Gasteiger partial charge in [0.05, 0.1) is 0 Å². The molecule has 2 nitrogen and oxygen atoms in total. The van der Waals surface area contributed by atoms with Crippen LogP contribution in [0.2, 0.25) is 0 Å². The summed E-state index contributed by atoms with van der Waals surface area (Å²) in [7, 11) is 0. The van der Waals surface area contributed by atoms with Crippen LogP contribution >= 0.6 is 0 Å². The van der Waals surface area contributed by atoms with E-state index in [2.05, 4.69) is 10.2 Å². The number of likely N-dealkylation sites (tertiary alicyclic amines) is 1. The summed E-state index contributed by atoms with van der Waals surface area (Å²) >= 11 is 0. The van der Waals surface area contributed by atoms with Crippen molar-refractivity contribution in [1.29, 1.82) is 0 Å². The molecule has 3 rings (SSSR count). The molecule has 0 aromatic heterocycles. The van der Waals surface area contributed by atoms with Gasteiger partial charge in [-0.15, -0.1) is 0 Å². The summed E-state index contributed by atoms with van der Waals surface area (Å²) in [5.41, 5.74) is 1.11. The molecule has 1 heterocycles. The highest BCUT2D eigenvalue weighted by Gasteiger charge is 2.27. The molecule has 1 aliphatic heterocycles. The minimum Gasteiger partial charge on any atom is -0.310 e. The van der Waals surface area contributed by atoms with Gasteiger partial charge in [0, 0.05) is 25.2 Å². The van der Waals surface area contributed by atoms with Crippen molar-refractivity contribution in [3.63, 3.8) is 0 Å². The molecule has 3 heteroatoms. The second-order valence-electron chi connectivity index (χ2n) is 5.96. The average molecular weight is 262 g/mol. The van der Waals surface area contributed by atoms with Crippen molar-refractivity contribution in [2.45, 2.75) is 44.2 Å². The number of nitrogens with one attached hydrogen (secondary N) is 1. The molecule has 2 aliphatic rings. The van der Waals surface area contributed by atoms with Gasteiger partial charge in [-0.1, -0.05) is 12.1 Å². The monoisotopic (exact) mass is 262 g/mol. The number of rotatable bonds is 5. The Hall–Kier alpha value is -0.930. The zero-order valence-corrected chi connectivity index (χ0v) is 11.4. The van der Waals surface area contributed by atoms with Gasteiger partial charge in [-0.3, -0.25) is 0 Å². The van der Waals surface area contributed by atoms with Gasteiger partial charge in [0.1, 0.15) is 5.82 Å². The van der Waals surface area contributed by atoms with Crippen molar-refractivity contribution in [1.82, 2.24) is 10.2 Å². The predicted molar refractivity (Wildman–Crippen MR) is 75.7 cm³/mol. The van der Waals surface area contributed by atoms with Crippen molar-refractivity contribution >= 4 is 0 Å². The van der Waals surface area contributed by atoms with Gasteiger partial charge in [0.2, 0.25) is 0 Å². The molecule has 0 radical (unpaired) electrons. The van der Waals surface area contributed by atoms with E-state index in [0.29, 0.717) is 6.04 Å². The van der Waals surface area contributed by atoms with Gasteiger partial charge in [0.25, 0.3) is 0 Å². The molecule has 1 aromatic carbocycles. The maximum Gasteiger partial charge on any atom is 0.123 e. The Labute approximate surface area is 115 Å². The van der Waals surface area contributed by atoms with E-state index in [1.807, 2.05) is 6.07 Å². The van der Waals surface area contributed by atoms with Crippen LogP contribution in [0, 0.1) is 5.82 Å². The third-order valence-corrected chi connectivity index (χ3v) is 4.16. The highest BCUT2D eigenvalue weighted by atomic mass is 19.1. The molecule has 1 saturated carbocycles. The van der Waals surface area contributed by atoms with Crippen LogP contribution in [0.3, 0.4) is 0 Å². The Morgan fingerprint density at radius 3 is 2.89 bits per heavy atom. The normalized spacial score (nSPS) is 24.6. The Bertz CT molecular complexity index is 417. The molecule has 19 heavy (non-hydrogen) atoms. The summed E-state index contributed by atoms with van der Waals surface area (Å²) in [4.78, 5) is 2.52. The number of benzene rings is 1. The summed E-state index contributed by atoms with van der Waals surface area (Å²) in [6.45, 7) is 3.40. The second kappa shape index (κ2) is 6.02. The van der Waals surface area contributed by atoms with Crippen LogP contribution in [0.25, 0.3) is 0 Å². The summed E-state index contributed by atoms with van der Waals surface area (Å²) < 4.78 is 13.1. The van der Waals surface area contributed by atoms with E-state index < -0.39 is 0 Å². The minimum absolute atomic E-state index is 0.121. The standard InChI is InChI=1S/C16H23FN2/c17-14-4-1-3-13(11-14)8-10-19-9-2-5-16(12-19)18-15-6-7-15/h1,3-4,11,15-16,18H,2,5-10,12H2.